The van der Waals surface area contributed by atoms with E-state index in [4.69, 9.17) is 0 Å². The molecule has 25 heavy (non-hydrogen) atoms. The van der Waals surface area contributed by atoms with Crippen LogP contribution >= 0.6 is 0 Å². The molecule has 0 saturated carbocycles. The van der Waals surface area contributed by atoms with Crippen LogP contribution < -0.4 is 10.1 Å². The average Bonchev–Trinajstić information content (AvgIpc) is 2.53. The first-order valence-corrected chi connectivity index (χ1v) is 7.70. The first-order valence-electron chi connectivity index (χ1n) is 7.70. The molecule has 0 radical (unpaired) electrons. The van der Waals surface area contributed by atoms with Gasteiger partial charge in [0.25, 0.3) is 0 Å². The SMILES string of the molecule is O=C(O)c1ncc(Nc2cccc(OC(F)(F)F)c2)c2c1CCCC2. The predicted octanol–water partition coefficient (Wildman–Crippen LogP) is 4.30. The van der Waals surface area contributed by atoms with E-state index in [1.165, 1.54) is 24.4 Å². The second kappa shape index (κ2) is 6.62. The lowest BCUT2D eigenvalue weighted by atomic mass is 9.89. The Morgan fingerprint density at radius 1 is 1.20 bits per heavy atom. The zero-order valence-corrected chi connectivity index (χ0v) is 13.1. The van der Waals surface area contributed by atoms with Gasteiger partial charge in [0.2, 0.25) is 0 Å². The Labute approximate surface area is 141 Å². The fourth-order valence-corrected chi connectivity index (χ4v) is 2.97. The molecular weight excluding hydrogens is 337 g/mol. The molecule has 0 atom stereocenters. The third kappa shape index (κ3) is 4.01. The summed E-state index contributed by atoms with van der Waals surface area (Å²) < 4.78 is 40.9. The van der Waals surface area contributed by atoms with Crippen molar-refractivity contribution in [2.45, 2.75) is 32.0 Å². The third-order valence-corrected chi connectivity index (χ3v) is 3.95. The minimum atomic E-state index is -4.76. The number of pyridine rings is 1. The number of hydrogen-bond donors (Lipinski definition) is 2. The van der Waals surface area contributed by atoms with Gasteiger partial charge in [-0.2, -0.15) is 0 Å². The minimum absolute atomic E-state index is 0.0365. The Balaban J connectivity index is 1.91. The molecule has 0 aliphatic heterocycles. The average molecular weight is 352 g/mol. The lowest BCUT2D eigenvalue weighted by Crippen LogP contribution is -2.17. The van der Waals surface area contributed by atoms with Crippen LogP contribution in [-0.2, 0) is 12.8 Å². The summed E-state index contributed by atoms with van der Waals surface area (Å²) in [5, 5.41) is 12.3. The molecule has 1 aliphatic rings. The van der Waals surface area contributed by atoms with Gasteiger partial charge >= 0.3 is 12.3 Å². The van der Waals surface area contributed by atoms with E-state index in [9.17, 15) is 23.1 Å². The molecular formula is C17H15F3N2O3. The maximum atomic E-state index is 12.3. The molecule has 0 unspecified atom stereocenters. The third-order valence-electron chi connectivity index (χ3n) is 3.95. The van der Waals surface area contributed by atoms with E-state index < -0.39 is 12.3 Å². The van der Waals surface area contributed by atoms with Crippen LogP contribution in [0.25, 0.3) is 0 Å². The maximum absolute atomic E-state index is 12.3. The molecule has 132 valence electrons. The van der Waals surface area contributed by atoms with E-state index in [0.717, 1.165) is 18.4 Å². The summed E-state index contributed by atoms with van der Waals surface area (Å²) in [5.74, 6) is -1.41. The first-order chi connectivity index (χ1) is 11.8. The number of fused-ring (bicyclic) bond motifs is 1. The summed E-state index contributed by atoms with van der Waals surface area (Å²) in [6.07, 6.45) is -0.238. The Kier molecular flexibility index (Phi) is 4.52. The Morgan fingerprint density at radius 3 is 2.60 bits per heavy atom. The van der Waals surface area contributed by atoms with Crippen LogP contribution in [0, 0.1) is 0 Å². The predicted molar refractivity (Wildman–Crippen MR) is 84.2 cm³/mol. The number of nitrogens with zero attached hydrogens (tertiary/aromatic N) is 1. The quantitative estimate of drug-likeness (QED) is 0.858. The van der Waals surface area contributed by atoms with E-state index >= 15 is 0 Å². The molecule has 2 aromatic rings. The molecule has 5 nitrogen and oxygen atoms in total. The van der Waals surface area contributed by atoms with Crippen molar-refractivity contribution in [3.05, 3.63) is 47.3 Å². The van der Waals surface area contributed by atoms with Gasteiger partial charge in [-0.1, -0.05) is 6.07 Å². The summed E-state index contributed by atoms with van der Waals surface area (Å²) in [7, 11) is 0. The van der Waals surface area contributed by atoms with E-state index in [-0.39, 0.29) is 11.4 Å². The number of carbonyl (C=O) groups is 1. The van der Waals surface area contributed by atoms with E-state index in [0.29, 0.717) is 29.8 Å². The van der Waals surface area contributed by atoms with Gasteiger partial charge in [0.1, 0.15) is 5.75 Å². The van der Waals surface area contributed by atoms with Crippen LogP contribution in [0.4, 0.5) is 24.5 Å². The van der Waals surface area contributed by atoms with E-state index in [1.54, 1.807) is 6.07 Å². The number of aromatic carboxylic acids is 1. The number of nitrogens with one attached hydrogen (secondary N) is 1. The Hall–Kier alpha value is -2.77. The monoisotopic (exact) mass is 352 g/mol. The van der Waals surface area contributed by atoms with Crippen LogP contribution in [-0.4, -0.2) is 22.4 Å². The van der Waals surface area contributed by atoms with Crippen molar-refractivity contribution in [2.75, 3.05) is 5.32 Å². The molecule has 8 heteroatoms. The van der Waals surface area contributed by atoms with Gasteiger partial charge in [-0.05, 0) is 48.9 Å². The second-order valence-corrected chi connectivity index (χ2v) is 5.69. The van der Waals surface area contributed by atoms with Crippen LogP contribution in [0.1, 0.15) is 34.5 Å². The van der Waals surface area contributed by atoms with Crippen molar-refractivity contribution >= 4 is 17.3 Å². The molecule has 1 aliphatic carbocycles. The Bertz CT molecular complexity index is 806. The largest absolute Gasteiger partial charge is 0.573 e. The van der Waals surface area contributed by atoms with Gasteiger partial charge in [0.05, 0.1) is 11.9 Å². The van der Waals surface area contributed by atoms with Crippen molar-refractivity contribution in [3.63, 3.8) is 0 Å². The minimum Gasteiger partial charge on any atom is -0.477 e. The van der Waals surface area contributed by atoms with Crippen LogP contribution in [0.5, 0.6) is 5.75 Å². The number of ether oxygens (including phenoxy) is 1. The molecule has 1 aromatic heterocycles. The number of hydrogen-bond acceptors (Lipinski definition) is 4. The van der Waals surface area contributed by atoms with Crippen LogP contribution in [0.2, 0.25) is 0 Å². The molecule has 1 heterocycles. The number of halogens is 3. The first kappa shape index (κ1) is 17.1. The summed E-state index contributed by atoms with van der Waals surface area (Å²) in [6, 6.07) is 5.48. The zero-order valence-electron chi connectivity index (χ0n) is 13.1. The standard InChI is InChI=1S/C17H15F3N2O3/c18-17(19,20)25-11-5-3-4-10(8-11)22-14-9-21-15(16(23)24)13-7-2-1-6-12(13)14/h3-5,8-9,22H,1-2,6-7H2,(H,23,24). The number of alkyl halides is 3. The highest BCUT2D eigenvalue weighted by Crippen LogP contribution is 2.32. The highest BCUT2D eigenvalue weighted by atomic mass is 19.4. The number of aromatic nitrogens is 1. The van der Waals surface area contributed by atoms with Crippen molar-refractivity contribution in [2.24, 2.45) is 0 Å². The lowest BCUT2D eigenvalue weighted by molar-refractivity contribution is -0.274. The molecule has 2 N–H and O–H groups in total. The Morgan fingerprint density at radius 2 is 1.92 bits per heavy atom. The molecule has 0 saturated heterocycles. The number of benzene rings is 1. The second-order valence-electron chi connectivity index (χ2n) is 5.69. The van der Waals surface area contributed by atoms with Crippen molar-refractivity contribution in [1.82, 2.24) is 4.98 Å². The molecule has 0 bridgehead atoms. The summed E-state index contributed by atoms with van der Waals surface area (Å²) >= 11 is 0. The molecule has 0 amide bonds. The van der Waals surface area contributed by atoms with Gasteiger partial charge in [0.15, 0.2) is 5.69 Å². The smallest absolute Gasteiger partial charge is 0.477 e. The summed E-state index contributed by atoms with van der Waals surface area (Å²) in [4.78, 5) is 15.3. The topological polar surface area (TPSA) is 71.5 Å². The van der Waals surface area contributed by atoms with Gasteiger partial charge in [-0.25, -0.2) is 9.78 Å². The van der Waals surface area contributed by atoms with E-state index in [2.05, 4.69) is 15.0 Å². The number of rotatable bonds is 4. The van der Waals surface area contributed by atoms with E-state index in [1.807, 2.05) is 0 Å². The fourth-order valence-electron chi connectivity index (χ4n) is 2.97. The van der Waals surface area contributed by atoms with Crippen molar-refractivity contribution in [1.29, 1.82) is 0 Å². The molecule has 0 fully saturated rings. The highest BCUT2D eigenvalue weighted by Gasteiger charge is 2.31. The number of anilines is 2. The maximum Gasteiger partial charge on any atom is 0.573 e. The molecule has 0 spiro atoms. The summed E-state index contributed by atoms with van der Waals surface area (Å²) in [5.41, 5.74) is 2.57. The van der Waals surface area contributed by atoms with Gasteiger partial charge in [-0.15, -0.1) is 13.2 Å². The highest BCUT2D eigenvalue weighted by molar-refractivity contribution is 5.88. The van der Waals surface area contributed by atoms with Crippen LogP contribution in [0.3, 0.4) is 0 Å². The summed E-state index contributed by atoms with van der Waals surface area (Å²) in [6.45, 7) is 0. The number of carboxylic acids is 1. The lowest BCUT2D eigenvalue weighted by Gasteiger charge is -2.21. The molecule has 3 rings (SSSR count). The number of carboxylic acid groups (broad SMARTS) is 1. The van der Waals surface area contributed by atoms with Gasteiger partial charge in [-0.3, -0.25) is 0 Å². The van der Waals surface area contributed by atoms with Crippen molar-refractivity contribution < 1.29 is 27.8 Å². The normalized spacial score (nSPS) is 13.9. The zero-order chi connectivity index (χ0) is 18.0. The molecule has 1 aromatic carbocycles. The van der Waals surface area contributed by atoms with Crippen molar-refractivity contribution in [3.8, 4) is 5.75 Å². The fraction of sp³-hybridized carbons (Fsp3) is 0.294. The van der Waals surface area contributed by atoms with Gasteiger partial charge < -0.3 is 15.2 Å². The van der Waals surface area contributed by atoms with Crippen LogP contribution in [0.15, 0.2) is 30.5 Å². The van der Waals surface area contributed by atoms with Gasteiger partial charge in [0, 0.05) is 11.8 Å².